The first-order valence-corrected chi connectivity index (χ1v) is 8.97. The topological polar surface area (TPSA) is 72.3 Å². The third-order valence-corrected chi connectivity index (χ3v) is 5.03. The van der Waals surface area contributed by atoms with Crippen molar-refractivity contribution in [3.8, 4) is 5.88 Å². The molecule has 3 heterocycles. The third kappa shape index (κ3) is 3.88. The molecule has 2 aromatic rings. The maximum atomic E-state index is 12.2. The molecule has 0 radical (unpaired) electrons. The number of nitrogens with one attached hydrogen (secondary N) is 1. The van der Waals surface area contributed by atoms with Crippen molar-refractivity contribution in [2.24, 2.45) is 7.05 Å². The Kier molecular flexibility index (Phi) is 5.56. The van der Waals surface area contributed by atoms with Gasteiger partial charge in [0, 0.05) is 57.3 Å². The fourth-order valence-corrected chi connectivity index (χ4v) is 3.66. The minimum absolute atomic E-state index is 0.0623. The standard InChI is InChI=1S/C19H27N5O2/c1-13(11-14-5-7-16(26-4)21-12-14)22-15-6-8-17(25)24(3)18(15)19-20-9-10-23(19)2/h5,7,9-10,12-13,15,18,22H,6,8,11H2,1-4H3/t13?,15-,18-/m1/s1. The number of likely N-dealkylation sites (tertiary alicyclic amines) is 1. The van der Waals surface area contributed by atoms with Crippen LogP contribution in [0.3, 0.4) is 0 Å². The smallest absolute Gasteiger partial charge is 0.223 e. The molecule has 140 valence electrons. The summed E-state index contributed by atoms with van der Waals surface area (Å²) in [6, 6.07) is 4.27. The zero-order valence-electron chi connectivity index (χ0n) is 15.8. The molecule has 0 spiro atoms. The molecular weight excluding hydrogens is 330 g/mol. The van der Waals surface area contributed by atoms with Crippen LogP contribution < -0.4 is 10.1 Å². The minimum Gasteiger partial charge on any atom is -0.481 e. The van der Waals surface area contributed by atoms with Crippen LogP contribution in [0.25, 0.3) is 0 Å². The molecule has 7 nitrogen and oxygen atoms in total. The minimum atomic E-state index is -0.0623. The monoisotopic (exact) mass is 357 g/mol. The zero-order chi connectivity index (χ0) is 18.7. The SMILES string of the molecule is COc1ccc(CC(C)N[C@@H]2CCC(=O)N(C)[C@H]2c2nccn2C)cn1. The predicted molar refractivity (Wildman–Crippen MR) is 98.8 cm³/mol. The fourth-order valence-electron chi connectivity index (χ4n) is 3.66. The Hall–Kier alpha value is -2.41. The molecule has 0 saturated carbocycles. The van der Waals surface area contributed by atoms with Gasteiger partial charge in [0.2, 0.25) is 11.8 Å². The number of carbonyl (C=O) groups excluding carboxylic acids is 1. The summed E-state index contributed by atoms with van der Waals surface area (Å²) in [5.74, 6) is 1.70. The van der Waals surface area contributed by atoms with Crippen LogP contribution in [0, 0.1) is 0 Å². The predicted octanol–water partition coefficient (Wildman–Crippen LogP) is 1.71. The Bertz CT molecular complexity index is 743. The summed E-state index contributed by atoms with van der Waals surface area (Å²) in [6.07, 6.45) is 7.79. The summed E-state index contributed by atoms with van der Waals surface area (Å²) in [4.78, 5) is 22.8. The van der Waals surface area contributed by atoms with Crippen LogP contribution in [0.15, 0.2) is 30.7 Å². The molecule has 0 aromatic carbocycles. The molecule has 3 atom stereocenters. The van der Waals surface area contributed by atoms with Gasteiger partial charge in [0.15, 0.2) is 0 Å². The number of methoxy groups -OCH3 is 1. The van der Waals surface area contributed by atoms with E-state index in [1.807, 2.05) is 48.1 Å². The summed E-state index contributed by atoms with van der Waals surface area (Å²) in [6.45, 7) is 2.16. The number of aromatic nitrogens is 3. The van der Waals surface area contributed by atoms with E-state index in [1.54, 1.807) is 13.3 Å². The summed E-state index contributed by atoms with van der Waals surface area (Å²) < 4.78 is 7.10. The van der Waals surface area contributed by atoms with Crippen molar-refractivity contribution < 1.29 is 9.53 Å². The van der Waals surface area contributed by atoms with Crippen LogP contribution in [0.5, 0.6) is 5.88 Å². The average Bonchev–Trinajstić information content (AvgIpc) is 3.05. The number of pyridine rings is 1. The van der Waals surface area contributed by atoms with Gasteiger partial charge in [0.25, 0.3) is 0 Å². The number of imidazole rings is 1. The summed E-state index contributed by atoms with van der Waals surface area (Å²) in [5.41, 5.74) is 1.15. The molecule has 1 aliphatic rings. The van der Waals surface area contributed by atoms with Crippen molar-refractivity contribution in [1.29, 1.82) is 0 Å². The number of likely N-dealkylation sites (N-methyl/N-ethyl adjacent to an activating group) is 1. The van der Waals surface area contributed by atoms with Crippen molar-refractivity contribution >= 4 is 5.91 Å². The molecule has 1 amide bonds. The largest absolute Gasteiger partial charge is 0.481 e. The summed E-state index contributed by atoms with van der Waals surface area (Å²) >= 11 is 0. The van der Waals surface area contributed by atoms with E-state index in [9.17, 15) is 4.79 Å². The second-order valence-electron chi connectivity index (χ2n) is 6.97. The Morgan fingerprint density at radius 2 is 2.15 bits per heavy atom. The van der Waals surface area contributed by atoms with Gasteiger partial charge in [-0.15, -0.1) is 0 Å². The van der Waals surface area contributed by atoms with Crippen LogP contribution in [0.4, 0.5) is 0 Å². The van der Waals surface area contributed by atoms with Crippen molar-refractivity contribution in [3.05, 3.63) is 42.1 Å². The lowest BCUT2D eigenvalue weighted by molar-refractivity contribution is -0.136. The highest BCUT2D eigenvalue weighted by molar-refractivity contribution is 5.77. The number of aryl methyl sites for hydroxylation is 1. The van der Waals surface area contributed by atoms with Crippen molar-refractivity contribution in [2.75, 3.05) is 14.2 Å². The Labute approximate surface area is 154 Å². The molecule has 26 heavy (non-hydrogen) atoms. The van der Waals surface area contributed by atoms with Gasteiger partial charge in [-0.3, -0.25) is 4.79 Å². The Morgan fingerprint density at radius 3 is 2.77 bits per heavy atom. The highest BCUT2D eigenvalue weighted by Crippen LogP contribution is 2.30. The number of rotatable bonds is 6. The highest BCUT2D eigenvalue weighted by Gasteiger charge is 2.37. The molecule has 3 rings (SSSR count). The summed E-state index contributed by atoms with van der Waals surface area (Å²) in [7, 11) is 5.46. The van der Waals surface area contributed by atoms with Gasteiger partial charge < -0.3 is 19.5 Å². The lowest BCUT2D eigenvalue weighted by Crippen LogP contribution is -2.52. The first-order chi connectivity index (χ1) is 12.5. The Morgan fingerprint density at radius 1 is 1.35 bits per heavy atom. The van der Waals surface area contributed by atoms with Crippen LogP contribution in [-0.2, 0) is 18.3 Å². The molecule has 7 heteroatoms. The Balaban J connectivity index is 1.71. The first kappa shape index (κ1) is 18.4. The number of ether oxygens (including phenoxy) is 1. The molecule has 1 fully saturated rings. The van der Waals surface area contributed by atoms with Crippen molar-refractivity contribution in [2.45, 2.75) is 44.3 Å². The first-order valence-electron chi connectivity index (χ1n) is 8.97. The van der Waals surface area contributed by atoms with Gasteiger partial charge in [-0.2, -0.15) is 0 Å². The number of hydrogen-bond acceptors (Lipinski definition) is 5. The number of amides is 1. The average molecular weight is 357 g/mol. The van der Waals surface area contributed by atoms with Crippen LogP contribution in [-0.4, -0.2) is 51.6 Å². The molecule has 1 saturated heterocycles. The van der Waals surface area contributed by atoms with E-state index in [-0.39, 0.29) is 24.0 Å². The lowest BCUT2D eigenvalue weighted by Gasteiger charge is -2.40. The van der Waals surface area contributed by atoms with Gasteiger partial charge in [-0.05, 0) is 25.3 Å². The van der Waals surface area contributed by atoms with E-state index < -0.39 is 0 Å². The van der Waals surface area contributed by atoms with Crippen molar-refractivity contribution in [1.82, 2.24) is 24.8 Å². The van der Waals surface area contributed by atoms with Gasteiger partial charge in [0.05, 0.1) is 7.11 Å². The molecule has 1 N–H and O–H groups in total. The van der Waals surface area contributed by atoms with E-state index >= 15 is 0 Å². The van der Waals surface area contributed by atoms with Gasteiger partial charge in [-0.25, -0.2) is 9.97 Å². The quantitative estimate of drug-likeness (QED) is 0.852. The number of carbonyl (C=O) groups is 1. The van der Waals surface area contributed by atoms with E-state index in [1.165, 1.54) is 0 Å². The van der Waals surface area contributed by atoms with Crippen LogP contribution in [0.1, 0.15) is 37.2 Å². The molecule has 1 unspecified atom stereocenters. The van der Waals surface area contributed by atoms with Crippen molar-refractivity contribution in [3.63, 3.8) is 0 Å². The van der Waals surface area contributed by atoms with E-state index in [0.717, 1.165) is 24.2 Å². The molecule has 1 aliphatic heterocycles. The van der Waals surface area contributed by atoms with E-state index in [0.29, 0.717) is 12.3 Å². The van der Waals surface area contributed by atoms with Gasteiger partial charge in [-0.1, -0.05) is 6.07 Å². The number of piperidine rings is 1. The zero-order valence-corrected chi connectivity index (χ0v) is 15.8. The second kappa shape index (κ2) is 7.86. The van der Waals surface area contributed by atoms with Gasteiger partial charge in [0.1, 0.15) is 11.9 Å². The van der Waals surface area contributed by atoms with E-state index in [2.05, 4.69) is 22.2 Å². The normalized spacial score (nSPS) is 21.7. The molecule has 0 aliphatic carbocycles. The molecule has 2 aromatic heterocycles. The second-order valence-corrected chi connectivity index (χ2v) is 6.97. The highest BCUT2D eigenvalue weighted by atomic mass is 16.5. The maximum absolute atomic E-state index is 12.2. The molecular formula is C19H27N5O2. The molecule has 0 bridgehead atoms. The maximum Gasteiger partial charge on any atom is 0.223 e. The van der Waals surface area contributed by atoms with E-state index in [4.69, 9.17) is 4.74 Å². The number of nitrogens with zero attached hydrogens (tertiary/aromatic N) is 4. The van der Waals surface area contributed by atoms with Gasteiger partial charge >= 0.3 is 0 Å². The van der Waals surface area contributed by atoms with Crippen LogP contribution >= 0.6 is 0 Å². The fraction of sp³-hybridized carbons (Fsp3) is 0.526. The lowest BCUT2D eigenvalue weighted by atomic mass is 9.94. The third-order valence-electron chi connectivity index (χ3n) is 5.03. The van der Waals surface area contributed by atoms with Crippen LogP contribution in [0.2, 0.25) is 0 Å². The summed E-state index contributed by atoms with van der Waals surface area (Å²) in [5, 5.41) is 3.71. The number of hydrogen-bond donors (Lipinski definition) is 1.